The van der Waals surface area contributed by atoms with Gasteiger partial charge in [-0.3, -0.25) is 9.36 Å². The average molecular weight is 634 g/mol. The third kappa shape index (κ3) is 5.65. The fraction of sp³-hybridized carbons (Fsp3) is 0.321. The van der Waals surface area contributed by atoms with Crippen LogP contribution in [0, 0.1) is 0 Å². The van der Waals surface area contributed by atoms with Crippen molar-refractivity contribution in [1.29, 1.82) is 0 Å². The summed E-state index contributed by atoms with van der Waals surface area (Å²) in [5, 5.41) is 10.7. The van der Waals surface area contributed by atoms with Gasteiger partial charge in [-0.15, -0.1) is 0 Å². The highest BCUT2D eigenvalue weighted by Crippen LogP contribution is 2.41. The number of halogens is 1. The number of ether oxygens (including phenoxy) is 5. The lowest BCUT2D eigenvalue weighted by molar-refractivity contribution is -0.140. The minimum absolute atomic E-state index is 0.0314. The molecule has 3 aromatic rings. The Labute approximate surface area is 242 Å². The van der Waals surface area contributed by atoms with Crippen LogP contribution < -0.4 is 29.1 Å². The van der Waals surface area contributed by atoms with Crippen LogP contribution in [0.1, 0.15) is 31.0 Å². The zero-order chi connectivity index (χ0) is 29.0. The number of benzene rings is 2. The van der Waals surface area contributed by atoms with E-state index in [4.69, 9.17) is 23.7 Å². The molecule has 0 spiro atoms. The fourth-order valence-electron chi connectivity index (χ4n) is 4.38. The average Bonchev–Trinajstić information content (AvgIpc) is 3.24. The Bertz CT molecular complexity index is 1640. The number of fused-ring (bicyclic) bond motifs is 1. The Morgan fingerprint density at radius 1 is 1.18 bits per heavy atom. The number of nitrogens with zero attached hydrogens (tertiary/aromatic N) is 2. The van der Waals surface area contributed by atoms with Crippen molar-refractivity contribution in [3.8, 4) is 23.0 Å². The molecule has 0 bridgehead atoms. The molecule has 212 valence electrons. The first-order valence-electron chi connectivity index (χ1n) is 12.3. The summed E-state index contributed by atoms with van der Waals surface area (Å²) >= 11 is 4.54. The van der Waals surface area contributed by atoms with Crippen LogP contribution in [0.15, 0.2) is 55.9 Å². The highest BCUT2D eigenvalue weighted by molar-refractivity contribution is 9.10. The highest BCUT2D eigenvalue weighted by Gasteiger charge is 2.36. The van der Waals surface area contributed by atoms with Gasteiger partial charge in [0.05, 0.1) is 43.2 Å². The molecule has 1 N–H and O–H groups in total. The first-order valence-corrected chi connectivity index (χ1v) is 13.9. The molecule has 2 heterocycles. The zero-order valence-corrected chi connectivity index (χ0v) is 25.1. The summed E-state index contributed by atoms with van der Waals surface area (Å²) in [5.74, 6) is 0.365. The maximum absolute atomic E-state index is 14.0. The number of aromatic hydroxyl groups is 1. The summed E-state index contributed by atoms with van der Waals surface area (Å²) < 4.78 is 29.7. The monoisotopic (exact) mass is 632 g/mol. The molecule has 1 aromatic heterocycles. The molecular formula is C28H29BrN2O8S. The minimum atomic E-state index is -0.921. The van der Waals surface area contributed by atoms with Crippen LogP contribution in [-0.4, -0.2) is 56.8 Å². The Morgan fingerprint density at radius 3 is 2.60 bits per heavy atom. The molecule has 0 fully saturated rings. The second-order valence-corrected chi connectivity index (χ2v) is 10.5. The van der Waals surface area contributed by atoms with Crippen molar-refractivity contribution in [3.63, 3.8) is 0 Å². The second-order valence-electron chi connectivity index (χ2n) is 8.57. The van der Waals surface area contributed by atoms with Crippen molar-refractivity contribution in [2.45, 2.75) is 19.9 Å². The number of rotatable bonds is 10. The summed E-state index contributed by atoms with van der Waals surface area (Å²) in [5.41, 5.74) is 1.09. The molecule has 0 saturated heterocycles. The number of thiazole rings is 1. The van der Waals surface area contributed by atoms with Gasteiger partial charge >= 0.3 is 5.97 Å². The van der Waals surface area contributed by atoms with Crippen LogP contribution in [0.4, 0.5) is 0 Å². The van der Waals surface area contributed by atoms with Gasteiger partial charge in [0.2, 0.25) is 0 Å². The number of hydrogen-bond donors (Lipinski definition) is 1. The summed E-state index contributed by atoms with van der Waals surface area (Å²) in [4.78, 5) is 32.4. The number of phenolic OH excluding ortho intramolecular Hbond substituents is 1. The third-order valence-corrected chi connectivity index (χ3v) is 7.59. The number of aromatic nitrogens is 1. The lowest BCUT2D eigenvalue weighted by Gasteiger charge is -2.27. The van der Waals surface area contributed by atoms with E-state index >= 15 is 0 Å². The van der Waals surface area contributed by atoms with Gasteiger partial charge in [0, 0.05) is 22.7 Å². The molecule has 0 unspecified atom stereocenters. The Hall–Kier alpha value is -3.61. The minimum Gasteiger partial charge on any atom is -0.504 e. The predicted molar refractivity (Wildman–Crippen MR) is 153 cm³/mol. The zero-order valence-electron chi connectivity index (χ0n) is 22.6. The van der Waals surface area contributed by atoms with E-state index in [2.05, 4.69) is 20.9 Å². The van der Waals surface area contributed by atoms with Crippen molar-refractivity contribution in [2.24, 2.45) is 4.99 Å². The molecule has 4 rings (SSSR count). The summed E-state index contributed by atoms with van der Waals surface area (Å²) in [6, 6.07) is 7.66. The molecule has 2 aromatic carbocycles. The van der Waals surface area contributed by atoms with E-state index < -0.39 is 17.6 Å². The van der Waals surface area contributed by atoms with E-state index in [1.54, 1.807) is 43.3 Å². The van der Waals surface area contributed by atoms with Crippen LogP contribution in [0.3, 0.4) is 0 Å². The largest absolute Gasteiger partial charge is 0.504 e. The van der Waals surface area contributed by atoms with Gasteiger partial charge < -0.3 is 28.8 Å². The second kappa shape index (κ2) is 12.7. The van der Waals surface area contributed by atoms with E-state index in [0.29, 0.717) is 48.7 Å². The first-order chi connectivity index (χ1) is 19.2. The number of phenols is 1. The fourth-order valence-corrected chi connectivity index (χ4v) is 5.87. The molecule has 0 saturated carbocycles. The van der Waals surface area contributed by atoms with Crippen LogP contribution >= 0.6 is 27.3 Å². The predicted octanol–water partition coefficient (Wildman–Crippen LogP) is 3.31. The summed E-state index contributed by atoms with van der Waals surface area (Å²) in [6.45, 7) is 4.11. The smallest absolute Gasteiger partial charge is 0.338 e. The lowest BCUT2D eigenvalue weighted by atomic mass is 9.94. The molecule has 12 heteroatoms. The Kier molecular flexibility index (Phi) is 9.33. The molecule has 40 heavy (non-hydrogen) atoms. The number of para-hydroxylation sites is 1. The molecule has 0 aliphatic carbocycles. The molecule has 1 aliphatic rings. The highest BCUT2D eigenvalue weighted by atomic mass is 79.9. The van der Waals surface area contributed by atoms with Gasteiger partial charge in [0.1, 0.15) is 12.6 Å². The Balaban J connectivity index is 1.99. The number of esters is 1. The number of allylic oxidation sites excluding steroid dienone is 1. The van der Waals surface area contributed by atoms with Crippen molar-refractivity contribution in [1.82, 2.24) is 4.57 Å². The van der Waals surface area contributed by atoms with Crippen molar-refractivity contribution >= 4 is 39.3 Å². The molecule has 1 aliphatic heterocycles. The lowest BCUT2D eigenvalue weighted by Crippen LogP contribution is -2.40. The topological polar surface area (TPSA) is 118 Å². The number of carbonyl (C=O) groups is 1. The Morgan fingerprint density at radius 2 is 1.93 bits per heavy atom. The van der Waals surface area contributed by atoms with Gasteiger partial charge in [0.15, 0.2) is 27.8 Å². The quantitative estimate of drug-likeness (QED) is 0.267. The maximum atomic E-state index is 14.0. The van der Waals surface area contributed by atoms with E-state index in [-0.39, 0.29) is 30.3 Å². The van der Waals surface area contributed by atoms with Crippen molar-refractivity contribution in [3.05, 3.63) is 76.9 Å². The number of carbonyl (C=O) groups excluding carboxylic acids is 1. The maximum Gasteiger partial charge on any atom is 0.338 e. The normalized spacial score (nSPS) is 14.9. The first kappa shape index (κ1) is 29.4. The molecule has 0 radical (unpaired) electrons. The van der Waals surface area contributed by atoms with Crippen LogP contribution in [-0.2, 0) is 14.3 Å². The van der Waals surface area contributed by atoms with Gasteiger partial charge in [-0.05, 0) is 38.1 Å². The number of hydrogen-bond acceptors (Lipinski definition) is 10. The number of methoxy groups -OCH3 is 3. The van der Waals surface area contributed by atoms with Crippen LogP contribution in [0.5, 0.6) is 23.0 Å². The molecule has 10 nitrogen and oxygen atoms in total. The van der Waals surface area contributed by atoms with Gasteiger partial charge in [-0.25, -0.2) is 9.79 Å². The molecule has 0 amide bonds. The van der Waals surface area contributed by atoms with Crippen LogP contribution in [0.25, 0.3) is 6.08 Å². The van der Waals surface area contributed by atoms with E-state index in [0.717, 1.165) is 11.3 Å². The van der Waals surface area contributed by atoms with Crippen LogP contribution in [0.2, 0.25) is 0 Å². The van der Waals surface area contributed by atoms with Gasteiger partial charge in [-0.1, -0.05) is 39.4 Å². The van der Waals surface area contributed by atoms with E-state index in [9.17, 15) is 14.7 Å². The summed E-state index contributed by atoms with van der Waals surface area (Å²) in [7, 11) is 4.47. The van der Waals surface area contributed by atoms with Crippen molar-refractivity contribution < 1.29 is 33.6 Å². The molecule has 1 atom stereocenters. The van der Waals surface area contributed by atoms with E-state index in [1.807, 2.05) is 6.92 Å². The molecular weight excluding hydrogens is 604 g/mol. The SMILES string of the molecule is CCOc1c(OC)cccc1[C@H]1C(C(=O)OCCOC)=C(C)N=c2s/c(=C/c3cc(Br)cc(OC)c3O)c(=O)n21. The van der Waals surface area contributed by atoms with Gasteiger partial charge in [-0.2, -0.15) is 0 Å². The summed E-state index contributed by atoms with van der Waals surface area (Å²) in [6.07, 6.45) is 1.56. The third-order valence-electron chi connectivity index (χ3n) is 6.15. The standard InChI is InChI=1S/C28H29BrN2O8S/c1-6-38-25-18(8-7-9-19(25)36-4)23-22(27(34)39-11-10-35-3)15(2)30-28-31(23)26(33)21(40-28)13-16-12-17(29)14-20(37-5)24(16)32/h7-9,12-14,23,32H,6,10-11H2,1-5H3/b21-13+/t23-/m0/s1. The van der Waals surface area contributed by atoms with Crippen molar-refractivity contribution in [2.75, 3.05) is 41.2 Å². The van der Waals surface area contributed by atoms with Gasteiger partial charge in [0.25, 0.3) is 5.56 Å². The van der Waals surface area contributed by atoms with E-state index in [1.165, 1.54) is 25.9 Å².